The van der Waals surface area contributed by atoms with E-state index in [1.807, 2.05) is 24.3 Å². The maximum absolute atomic E-state index is 12.4. The Balaban J connectivity index is 1.89. The lowest BCUT2D eigenvalue weighted by Gasteiger charge is -2.36. The summed E-state index contributed by atoms with van der Waals surface area (Å²) in [6.45, 7) is 6.93. The van der Waals surface area contributed by atoms with Crippen molar-refractivity contribution in [3.63, 3.8) is 0 Å². The van der Waals surface area contributed by atoms with Crippen molar-refractivity contribution in [3.05, 3.63) is 34.9 Å². The van der Waals surface area contributed by atoms with Crippen LogP contribution in [-0.2, 0) is 11.2 Å². The van der Waals surface area contributed by atoms with E-state index in [-0.39, 0.29) is 5.92 Å². The fourth-order valence-electron chi connectivity index (χ4n) is 3.27. The molecule has 0 radical (unpaired) electrons. The molecule has 1 aromatic rings. The number of Topliss-reactive ketones (excluding diaryl/α,β-unsaturated/α-hetero) is 1. The van der Waals surface area contributed by atoms with Gasteiger partial charge in [0, 0.05) is 17.4 Å². The second-order valence-corrected chi connectivity index (χ2v) is 7.62. The van der Waals surface area contributed by atoms with Gasteiger partial charge in [-0.15, -0.1) is 0 Å². The molecule has 0 N–H and O–H groups in total. The summed E-state index contributed by atoms with van der Waals surface area (Å²) in [6.07, 6.45) is 5.03. The molecule has 2 rings (SSSR count). The van der Waals surface area contributed by atoms with Crippen molar-refractivity contribution in [2.75, 3.05) is 0 Å². The summed E-state index contributed by atoms with van der Waals surface area (Å²) >= 11 is 5.97. The number of hydrogen-bond donors (Lipinski definition) is 0. The SMILES string of the molecule is CC(C)(C)C1CCC(C(=O)Cc2cccc(Cl)c2)CC1. The molecule has 2 heteroatoms. The summed E-state index contributed by atoms with van der Waals surface area (Å²) in [5, 5.41) is 0.715. The molecule has 1 nitrogen and oxygen atoms in total. The van der Waals surface area contributed by atoms with E-state index < -0.39 is 0 Å². The molecule has 1 fully saturated rings. The van der Waals surface area contributed by atoms with Crippen LogP contribution in [0.4, 0.5) is 0 Å². The Bertz CT molecular complexity index is 465. The number of halogens is 1. The number of carbonyl (C=O) groups is 1. The third-order valence-electron chi connectivity index (χ3n) is 4.67. The van der Waals surface area contributed by atoms with Crippen molar-refractivity contribution in [2.45, 2.75) is 52.9 Å². The first-order chi connectivity index (χ1) is 9.36. The van der Waals surface area contributed by atoms with Crippen LogP contribution in [0.15, 0.2) is 24.3 Å². The van der Waals surface area contributed by atoms with Gasteiger partial charge in [-0.25, -0.2) is 0 Å². The highest BCUT2D eigenvalue weighted by Gasteiger charge is 2.32. The predicted octanol–water partition coefficient (Wildman–Crippen LogP) is 5.30. The molecular weight excluding hydrogens is 268 g/mol. The molecule has 1 saturated carbocycles. The Morgan fingerprint density at radius 3 is 2.40 bits per heavy atom. The first kappa shape index (κ1) is 15.6. The summed E-state index contributed by atoms with van der Waals surface area (Å²) in [6, 6.07) is 7.66. The van der Waals surface area contributed by atoms with Gasteiger partial charge in [-0.05, 0) is 54.7 Å². The summed E-state index contributed by atoms with van der Waals surface area (Å²) in [5.74, 6) is 1.41. The highest BCUT2D eigenvalue weighted by Crippen LogP contribution is 2.40. The van der Waals surface area contributed by atoms with E-state index in [0.29, 0.717) is 22.6 Å². The van der Waals surface area contributed by atoms with Crippen molar-refractivity contribution >= 4 is 17.4 Å². The van der Waals surface area contributed by atoms with Crippen molar-refractivity contribution in [3.8, 4) is 0 Å². The molecule has 0 atom stereocenters. The minimum absolute atomic E-state index is 0.257. The highest BCUT2D eigenvalue weighted by molar-refractivity contribution is 6.30. The van der Waals surface area contributed by atoms with Crippen LogP contribution in [-0.4, -0.2) is 5.78 Å². The lowest BCUT2D eigenvalue weighted by molar-refractivity contribution is -0.123. The number of benzene rings is 1. The largest absolute Gasteiger partial charge is 0.299 e. The number of ketones is 1. The number of rotatable bonds is 3. The Morgan fingerprint density at radius 1 is 1.20 bits per heavy atom. The average molecular weight is 293 g/mol. The standard InChI is InChI=1S/C18H25ClO/c1-18(2,3)15-9-7-14(8-10-15)17(20)12-13-5-4-6-16(19)11-13/h4-6,11,14-15H,7-10,12H2,1-3H3. The molecular formula is C18H25ClO. The van der Waals surface area contributed by atoms with Gasteiger partial charge in [0.2, 0.25) is 0 Å². The molecule has 0 saturated heterocycles. The molecule has 1 aromatic carbocycles. The second-order valence-electron chi connectivity index (χ2n) is 7.19. The first-order valence-electron chi connectivity index (χ1n) is 7.63. The van der Waals surface area contributed by atoms with Gasteiger partial charge in [-0.1, -0.05) is 44.5 Å². The molecule has 1 aliphatic rings. The molecule has 0 heterocycles. The van der Waals surface area contributed by atoms with Crippen LogP contribution in [0.25, 0.3) is 0 Å². The molecule has 1 aliphatic carbocycles. The van der Waals surface area contributed by atoms with Crippen LogP contribution < -0.4 is 0 Å². The lowest BCUT2D eigenvalue weighted by atomic mass is 9.69. The predicted molar refractivity (Wildman–Crippen MR) is 85.1 cm³/mol. The van der Waals surface area contributed by atoms with Gasteiger partial charge < -0.3 is 0 Å². The highest BCUT2D eigenvalue weighted by atomic mass is 35.5. The van der Waals surface area contributed by atoms with Crippen LogP contribution in [0.3, 0.4) is 0 Å². The topological polar surface area (TPSA) is 17.1 Å². The summed E-state index contributed by atoms with van der Waals surface area (Å²) in [7, 11) is 0. The Morgan fingerprint density at radius 2 is 1.85 bits per heavy atom. The third kappa shape index (κ3) is 4.09. The van der Waals surface area contributed by atoms with Crippen LogP contribution in [0, 0.1) is 17.3 Å². The van der Waals surface area contributed by atoms with Gasteiger partial charge in [-0.3, -0.25) is 4.79 Å². The monoisotopic (exact) mass is 292 g/mol. The van der Waals surface area contributed by atoms with Crippen molar-refractivity contribution in [1.29, 1.82) is 0 Å². The molecule has 0 aromatic heterocycles. The molecule has 0 bridgehead atoms. The summed E-state index contributed by atoms with van der Waals surface area (Å²) in [5.41, 5.74) is 1.42. The van der Waals surface area contributed by atoms with Crippen molar-refractivity contribution in [1.82, 2.24) is 0 Å². The van der Waals surface area contributed by atoms with E-state index in [9.17, 15) is 4.79 Å². The zero-order valence-corrected chi connectivity index (χ0v) is 13.5. The van der Waals surface area contributed by atoms with Gasteiger partial charge >= 0.3 is 0 Å². The molecule has 0 unspecified atom stereocenters. The average Bonchev–Trinajstić information content (AvgIpc) is 2.38. The maximum atomic E-state index is 12.4. The van der Waals surface area contributed by atoms with Crippen LogP contribution >= 0.6 is 11.6 Å². The first-order valence-corrected chi connectivity index (χ1v) is 8.01. The van der Waals surface area contributed by atoms with Crippen LogP contribution in [0.5, 0.6) is 0 Å². The molecule has 0 amide bonds. The minimum atomic E-state index is 0.257. The maximum Gasteiger partial charge on any atom is 0.140 e. The fraction of sp³-hybridized carbons (Fsp3) is 0.611. The van der Waals surface area contributed by atoms with E-state index in [4.69, 9.17) is 11.6 Å². The van der Waals surface area contributed by atoms with Crippen LogP contribution in [0.2, 0.25) is 5.02 Å². The smallest absolute Gasteiger partial charge is 0.140 e. The second kappa shape index (κ2) is 6.30. The van der Waals surface area contributed by atoms with E-state index >= 15 is 0 Å². The van der Waals surface area contributed by atoms with Gasteiger partial charge in [0.05, 0.1) is 0 Å². The van der Waals surface area contributed by atoms with Gasteiger partial charge in [-0.2, -0.15) is 0 Å². The zero-order valence-electron chi connectivity index (χ0n) is 12.8. The summed E-state index contributed by atoms with van der Waals surface area (Å²) < 4.78 is 0. The normalized spacial score (nSPS) is 23.6. The van der Waals surface area contributed by atoms with Crippen molar-refractivity contribution < 1.29 is 4.79 Å². The van der Waals surface area contributed by atoms with E-state index in [0.717, 1.165) is 24.3 Å². The zero-order chi connectivity index (χ0) is 14.8. The van der Waals surface area contributed by atoms with Crippen molar-refractivity contribution in [2.24, 2.45) is 17.3 Å². The minimum Gasteiger partial charge on any atom is -0.299 e. The van der Waals surface area contributed by atoms with Gasteiger partial charge in [0.15, 0.2) is 0 Å². The number of carbonyl (C=O) groups excluding carboxylic acids is 1. The van der Waals surface area contributed by atoms with Crippen LogP contribution in [0.1, 0.15) is 52.0 Å². The van der Waals surface area contributed by atoms with Gasteiger partial charge in [0.25, 0.3) is 0 Å². The van der Waals surface area contributed by atoms with Gasteiger partial charge in [0.1, 0.15) is 5.78 Å². The molecule has 20 heavy (non-hydrogen) atoms. The molecule has 110 valence electrons. The van der Waals surface area contributed by atoms with E-state index in [2.05, 4.69) is 20.8 Å². The fourth-order valence-corrected chi connectivity index (χ4v) is 3.49. The Labute approximate surface area is 127 Å². The Kier molecular flexibility index (Phi) is 4.90. The Hall–Kier alpha value is -0.820. The quantitative estimate of drug-likeness (QED) is 0.738. The number of hydrogen-bond acceptors (Lipinski definition) is 1. The lowest BCUT2D eigenvalue weighted by Crippen LogP contribution is -2.29. The molecule has 0 aliphatic heterocycles. The summed E-state index contributed by atoms with van der Waals surface area (Å²) in [4.78, 5) is 12.4. The molecule has 0 spiro atoms. The van der Waals surface area contributed by atoms with E-state index in [1.165, 1.54) is 12.8 Å². The third-order valence-corrected chi connectivity index (χ3v) is 4.91. The van der Waals surface area contributed by atoms with E-state index in [1.54, 1.807) is 0 Å².